The number of likely N-dealkylation sites (N-methyl/N-ethyl adjacent to an activating group) is 1. The van der Waals surface area contributed by atoms with Crippen LogP contribution in [0.1, 0.15) is 23.2 Å². The Morgan fingerprint density at radius 1 is 1.00 bits per heavy atom. The van der Waals surface area contributed by atoms with E-state index in [1.807, 2.05) is 36.5 Å². The molecule has 0 unspecified atom stereocenters. The molecule has 0 saturated carbocycles. The molecule has 4 rings (SSSR count). The summed E-state index contributed by atoms with van der Waals surface area (Å²) in [5.41, 5.74) is 5.58. The molecule has 2 aromatic carbocycles. The third-order valence-corrected chi connectivity index (χ3v) is 6.44. The average molecular weight is 447 g/mol. The van der Waals surface area contributed by atoms with Gasteiger partial charge in [0.25, 0.3) is 0 Å². The Morgan fingerprint density at radius 3 is 2.66 bits per heavy atom. The van der Waals surface area contributed by atoms with Crippen molar-refractivity contribution in [2.24, 2.45) is 0 Å². The van der Waals surface area contributed by atoms with E-state index in [0.29, 0.717) is 6.61 Å². The first kappa shape index (κ1) is 22.4. The van der Waals surface area contributed by atoms with Gasteiger partial charge in [-0.1, -0.05) is 54.2 Å². The monoisotopic (exact) mass is 446 g/mol. The standard InChI is InChI=1S/C26H30N4OS/c1-20-24(19-32-26-28-22-12-6-7-13-23(22)29-26)27-15-14-25(20)31-18-17-30(2)16-8-11-21-9-4-3-5-10-21/h3-7,9-10,12-15H,8,11,16-19H2,1-2H3,(H,28,29). The Morgan fingerprint density at radius 2 is 1.81 bits per heavy atom. The lowest BCUT2D eigenvalue weighted by Gasteiger charge is -2.18. The minimum absolute atomic E-state index is 0.669. The Hall–Kier alpha value is -2.83. The van der Waals surface area contributed by atoms with Crippen LogP contribution in [-0.4, -0.2) is 46.6 Å². The van der Waals surface area contributed by atoms with E-state index in [0.717, 1.165) is 64.9 Å². The van der Waals surface area contributed by atoms with Crippen LogP contribution in [0.3, 0.4) is 0 Å². The predicted octanol–water partition coefficient (Wildman–Crippen LogP) is 5.50. The fourth-order valence-corrected chi connectivity index (χ4v) is 4.53. The number of imidazole rings is 1. The summed E-state index contributed by atoms with van der Waals surface area (Å²) in [6.45, 7) is 4.72. The molecule has 5 nitrogen and oxygen atoms in total. The average Bonchev–Trinajstić information content (AvgIpc) is 3.23. The summed E-state index contributed by atoms with van der Waals surface area (Å²) >= 11 is 1.67. The predicted molar refractivity (Wildman–Crippen MR) is 132 cm³/mol. The molecular weight excluding hydrogens is 416 g/mol. The second-order valence-electron chi connectivity index (χ2n) is 7.97. The SMILES string of the molecule is Cc1c(OCCN(C)CCCc2ccccc2)ccnc1CSc1nc2ccccc2[nH]1. The number of rotatable bonds is 11. The van der Waals surface area contributed by atoms with Crippen molar-refractivity contribution in [3.05, 3.63) is 83.7 Å². The molecular formula is C26H30N4OS. The largest absolute Gasteiger partial charge is 0.492 e. The van der Waals surface area contributed by atoms with Crippen molar-refractivity contribution in [1.82, 2.24) is 19.9 Å². The van der Waals surface area contributed by atoms with Crippen LogP contribution in [0.4, 0.5) is 0 Å². The van der Waals surface area contributed by atoms with E-state index in [-0.39, 0.29) is 0 Å². The van der Waals surface area contributed by atoms with E-state index >= 15 is 0 Å². The molecule has 0 aliphatic heterocycles. The summed E-state index contributed by atoms with van der Waals surface area (Å²) in [5, 5.41) is 0.913. The number of aromatic amines is 1. The van der Waals surface area contributed by atoms with Crippen LogP contribution in [-0.2, 0) is 12.2 Å². The van der Waals surface area contributed by atoms with Crippen LogP contribution in [0.2, 0.25) is 0 Å². The van der Waals surface area contributed by atoms with Crippen LogP contribution in [0.5, 0.6) is 5.75 Å². The van der Waals surface area contributed by atoms with E-state index in [1.54, 1.807) is 11.8 Å². The van der Waals surface area contributed by atoms with E-state index in [9.17, 15) is 0 Å². The van der Waals surface area contributed by atoms with Crippen molar-refractivity contribution in [1.29, 1.82) is 0 Å². The number of pyridine rings is 1. The zero-order valence-electron chi connectivity index (χ0n) is 18.8. The van der Waals surface area contributed by atoms with Gasteiger partial charge in [0.05, 0.1) is 16.7 Å². The molecule has 1 N–H and O–H groups in total. The maximum Gasteiger partial charge on any atom is 0.166 e. The molecule has 0 saturated heterocycles. The molecule has 4 aromatic rings. The summed E-state index contributed by atoms with van der Waals surface area (Å²) in [4.78, 5) is 14.9. The smallest absolute Gasteiger partial charge is 0.166 e. The number of fused-ring (bicyclic) bond motifs is 1. The Balaban J connectivity index is 1.23. The van der Waals surface area contributed by atoms with Gasteiger partial charge in [0.15, 0.2) is 5.16 Å². The summed E-state index contributed by atoms with van der Waals surface area (Å²) in [6.07, 6.45) is 4.10. The molecule has 0 atom stereocenters. The molecule has 0 radical (unpaired) electrons. The quantitative estimate of drug-likeness (QED) is 0.308. The maximum absolute atomic E-state index is 6.10. The van der Waals surface area contributed by atoms with E-state index in [1.165, 1.54) is 5.56 Å². The molecule has 0 amide bonds. The molecule has 166 valence electrons. The first-order chi connectivity index (χ1) is 15.7. The number of H-pyrrole nitrogens is 1. The Labute approximate surface area is 194 Å². The summed E-state index contributed by atoms with van der Waals surface area (Å²) in [7, 11) is 2.16. The Bertz CT molecular complexity index is 1100. The number of benzene rings is 2. The van der Waals surface area contributed by atoms with Crippen molar-refractivity contribution in [2.45, 2.75) is 30.7 Å². The van der Waals surface area contributed by atoms with Crippen LogP contribution >= 0.6 is 11.8 Å². The maximum atomic E-state index is 6.10. The van der Waals surface area contributed by atoms with Crippen molar-refractivity contribution >= 4 is 22.8 Å². The first-order valence-electron chi connectivity index (χ1n) is 11.1. The molecule has 0 fully saturated rings. The normalized spacial score (nSPS) is 11.3. The number of hydrogen-bond donors (Lipinski definition) is 1. The molecule has 6 heteroatoms. The fourth-order valence-electron chi connectivity index (χ4n) is 3.62. The van der Waals surface area contributed by atoms with Gasteiger partial charge in [-0.3, -0.25) is 4.98 Å². The number of hydrogen-bond acceptors (Lipinski definition) is 5. The summed E-state index contributed by atoms with van der Waals surface area (Å²) in [5.74, 6) is 1.67. The van der Waals surface area contributed by atoms with Gasteiger partial charge in [-0.25, -0.2) is 4.98 Å². The number of aromatic nitrogens is 3. The number of ether oxygens (including phenoxy) is 1. The van der Waals surface area contributed by atoms with Gasteiger partial charge in [-0.05, 0) is 57.1 Å². The van der Waals surface area contributed by atoms with Gasteiger partial charge in [0.2, 0.25) is 0 Å². The van der Waals surface area contributed by atoms with Gasteiger partial charge in [-0.15, -0.1) is 0 Å². The number of para-hydroxylation sites is 2. The van der Waals surface area contributed by atoms with Gasteiger partial charge in [-0.2, -0.15) is 0 Å². The third-order valence-electron chi connectivity index (χ3n) is 5.55. The molecule has 32 heavy (non-hydrogen) atoms. The second kappa shape index (κ2) is 11.2. The van der Waals surface area contributed by atoms with Crippen molar-refractivity contribution in [3.63, 3.8) is 0 Å². The highest BCUT2D eigenvalue weighted by molar-refractivity contribution is 7.98. The second-order valence-corrected chi connectivity index (χ2v) is 8.93. The minimum Gasteiger partial charge on any atom is -0.492 e. The first-order valence-corrected chi connectivity index (χ1v) is 12.0. The highest BCUT2D eigenvalue weighted by atomic mass is 32.2. The van der Waals surface area contributed by atoms with Crippen LogP contribution < -0.4 is 4.74 Å². The zero-order chi connectivity index (χ0) is 22.2. The van der Waals surface area contributed by atoms with Gasteiger partial charge in [0, 0.05) is 24.1 Å². The van der Waals surface area contributed by atoms with Gasteiger partial charge >= 0.3 is 0 Å². The van der Waals surface area contributed by atoms with E-state index in [4.69, 9.17) is 4.74 Å². The van der Waals surface area contributed by atoms with E-state index < -0.39 is 0 Å². The molecule has 0 bridgehead atoms. The highest BCUT2D eigenvalue weighted by Crippen LogP contribution is 2.27. The van der Waals surface area contributed by atoms with Crippen molar-refractivity contribution in [2.75, 3.05) is 26.7 Å². The molecule has 0 aliphatic rings. The van der Waals surface area contributed by atoms with Crippen LogP contribution in [0.15, 0.2) is 72.0 Å². The number of thioether (sulfide) groups is 1. The number of aryl methyl sites for hydroxylation is 1. The molecule has 0 aliphatic carbocycles. The summed E-state index contributed by atoms with van der Waals surface area (Å²) in [6, 6.07) is 20.7. The topological polar surface area (TPSA) is 54.0 Å². The lowest BCUT2D eigenvalue weighted by atomic mass is 10.1. The fraction of sp³-hybridized carbons (Fsp3) is 0.308. The molecule has 2 heterocycles. The van der Waals surface area contributed by atoms with E-state index in [2.05, 4.69) is 64.2 Å². The lowest BCUT2D eigenvalue weighted by molar-refractivity contribution is 0.235. The van der Waals surface area contributed by atoms with Gasteiger partial charge in [0.1, 0.15) is 12.4 Å². The number of nitrogens with zero attached hydrogens (tertiary/aromatic N) is 3. The van der Waals surface area contributed by atoms with Gasteiger partial charge < -0.3 is 14.6 Å². The molecule has 0 spiro atoms. The van der Waals surface area contributed by atoms with Crippen LogP contribution in [0.25, 0.3) is 11.0 Å². The zero-order valence-corrected chi connectivity index (χ0v) is 19.6. The van der Waals surface area contributed by atoms with Crippen molar-refractivity contribution < 1.29 is 4.74 Å². The molecule has 2 aromatic heterocycles. The van der Waals surface area contributed by atoms with Crippen LogP contribution in [0, 0.1) is 6.92 Å². The summed E-state index contributed by atoms with van der Waals surface area (Å²) < 4.78 is 6.10. The minimum atomic E-state index is 0.669. The number of nitrogens with one attached hydrogen (secondary N) is 1. The highest BCUT2D eigenvalue weighted by Gasteiger charge is 2.10. The third kappa shape index (κ3) is 6.11. The lowest BCUT2D eigenvalue weighted by Crippen LogP contribution is -2.25. The Kier molecular flexibility index (Phi) is 7.80. The van der Waals surface area contributed by atoms with Crippen molar-refractivity contribution in [3.8, 4) is 5.75 Å².